The SMILES string of the molecule is CNCC1CCN(S(=O)(=O)c2ccc(N3CCCC3=O)cc2)C1. The predicted molar refractivity (Wildman–Crippen MR) is 88.8 cm³/mol. The first kappa shape index (κ1) is 16.4. The molecule has 0 aromatic heterocycles. The Balaban J connectivity index is 1.74. The van der Waals surface area contributed by atoms with E-state index in [0.717, 1.165) is 25.1 Å². The molecule has 3 rings (SSSR count). The van der Waals surface area contributed by atoms with Crippen LogP contribution in [-0.4, -0.2) is 51.9 Å². The molecule has 1 amide bonds. The van der Waals surface area contributed by atoms with Crippen molar-refractivity contribution in [3.63, 3.8) is 0 Å². The van der Waals surface area contributed by atoms with Crippen molar-refractivity contribution in [2.45, 2.75) is 24.2 Å². The standard InChI is InChI=1S/C16H23N3O3S/c1-17-11-13-8-10-18(12-13)23(21,22)15-6-4-14(5-7-15)19-9-2-3-16(19)20/h4-7,13,17H,2-3,8-12H2,1H3. The third-order valence-electron chi connectivity index (χ3n) is 4.60. The van der Waals surface area contributed by atoms with Crippen molar-refractivity contribution in [3.8, 4) is 0 Å². The van der Waals surface area contributed by atoms with Crippen molar-refractivity contribution in [2.75, 3.05) is 38.1 Å². The number of carbonyl (C=O) groups excluding carboxylic acids is 1. The van der Waals surface area contributed by atoms with Gasteiger partial charge in [0.05, 0.1) is 4.90 Å². The van der Waals surface area contributed by atoms with Crippen molar-refractivity contribution in [1.29, 1.82) is 0 Å². The summed E-state index contributed by atoms with van der Waals surface area (Å²) in [5, 5.41) is 3.11. The number of hydrogen-bond donors (Lipinski definition) is 1. The zero-order chi connectivity index (χ0) is 16.4. The molecule has 2 aliphatic heterocycles. The Morgan fingerprint density at radius 2 is 1.96 bits per heavy atom. The fourth-order valence-electron chi connectivity index (χ4n) is 3.34. The number of hydrogen-bond acceptors (Lipinski definition) is 4. The minimum atomic E-state index is -3.44. The molecule has 2 saturated heterocycles. The Hall–Kier alpha value is -1.44. The molecular formula is C16H23N3O3S. The van der Waals surface area contributed by atoms with E-state index in [1.165, 1.54) is 0 Å². The summed E-state index contributed by atoms with van der Waals surface area (Å²) < 4.78 is 27.0. The van der Waals surface area contributed by atoms with Gasteiger partial charge in [0.1, 0.15) is 0 Å². The Kier molecular flexibility index (Phi) is 4.70. The van der Waals surface area contributed by atoms with E-state index in [1.807, 2.05) is 7.05 Å². The molecule has 1 unspecified atom stereocenters. The summed E-state index contributed by atoms with van der Waals surface area (Å²) in [6, 6.07) is 6.69. The molecule has 0 aliphatic carbocycles. The van der Waals surface area contributed by atoms with E-state index in [4.69, 9.17) is 0 Å². The van der Waals surface area contributed by atoms with Crippen LogP contribution in [0.2, 0.25) is 0 Å². The van der Waals surface area contributed by atoms with Crippen LogP contribution in [0.25, 0.3) is 0 Å². The minimum Gasteiger partial charge on any atom is -0.319 e. The summed E-state index contributed by atoms with van der Waals surface area (Å²) in [4.78, 5) is 13.8. The molecule has 2 fully saturated rings. The number of rotatable bonds is 5. The van der Waals surface area contributed by atoms with Crippen molar-refractivity contribution in [3.05, 3.63) is 24.3 Å². The number of nitrogens with zero attached hydrogens (tertiary/aromatic N) is 2. The lowest BCUT2D eigenvalue weighted by molar-refractivity contribution is -0.117. The van der Waals surface area contributed by atoms with E-state index in [2.05, 4.69) is 5.32 Å². The van der Waals surface area contributed by atoms with Crippen molar-refractivity contribution >= 4 is 21.6 Å². The topological polar surface area (TPSA) is 69.7 Å². The van der Waals surface area contributed by atoms with E-state index in [0.29, 0.717) is 36.9 Å². The molecular weight excluding hydrogens is 314 g/mol. The summed E-state index contributed by atoms with van der Waals surface area (Å²) in [5.74, 6) is 0.478. The predicted octanol–water partition coefficient (Wildman–Crippen LogP) is 1.04. The second kappa shape index (κ2) is 6.59. The highest BCUT2D eigenvalue weighted by Crippen LogP contribution is 2.27. The number of carbonyl (C=O) groups is 1. The molecule has 6 nitrogen and oxygen atoms in total. The Morgan fingerprint density at radius 3 is 2.57 bits per heavy atom. The molecule has 0 spiro atoms. The lowest BCUT2D eigenvalue weighted by Gasteiger charge is -2.19. The van der Waals surface area contributed by atoms with Crippen molar-refractivity contribution < 1.29 is 13.2 Å². The summed E-state index contributed by atoms with van der Waals surface area (Å²) in [5.41, 5.74) is 0.779. The third-order valence-corrected chi connectivity index (χ3v) is 6.48. The van der Waals surface area contributed by atoms with Gasteiger partial charge in [-0.2, -0.15) is 4.31 Å². The molecule has 23 heavy (non-hydrogen) atoms. The van der Waals surface area contributed by atoms with Crippen LogP contribution in [0, 0.1) is 5.92 Å². The quantitative estimate of drug-likeness (QED) is 0.872. The normalized spacial score (nSPS) is 22.9. The Morgan fingerprint density at radius 1 is 1.22 bits per heavy atom. The van der Waals surface area contributed by atoms with Gasteiger partial charge < -0.3 is 10.2 Å². The molecule has 1 atom stereocenters. The first-order valence-electron chi connectivity index (χ1n) is 8.07. The van der Waals surface area contributed by atoms with Crippen LogP contribution >= 0.6 is 0 Å². The summed E-state index contributed by atoms with van der Waals surface area (Å²) in [6.07, 6.45) is 2.32. The maximum absolute atomic E-state index is 12.7. The van der Waals surface area contributed by atoms with E-state index in [1.54, 1.807) is 33.5 Å². The van der Waals surface area contributed by atoms with E-state index in [9.17, 15) is 13.2 Å². The second-order valence-electron chi connectivity index (χ2n) is 6.22. The van der Waals surface area contributed by atoms with Gasteiger partial charge in [-0.25, -0.2) is 8.42 Å². The zero-order valence-corrected chi connectivity index (χ0v) is 14.2. The summed E-state index contributed by atoms with van der Waals surface area (Å²) >= 11 is 0. The number of anilines is 1. The van der Waals surface area contributed by atoms with Crippen LogP contribution in [0.4, 0.5) is 5.69 Å². The molecule has 0 saturated carbocycles. The van der Waals surface area contributed by atoms with Crippen LogP contribution < -0.4 is 10.2 Å². The maximum atomic E-state index is 12.7. The molecule has 1 aromatic carbocycles. The number of amides is 1. The van der Waals surface area contributed by atoms with Gasteiger partial charge in [0, 0.05) is 31.7 Å². The van der Waals surface area contributed by atoms with Gasteiger partial charge in [0.25, 0.3) is 0 Å². The van der Waals surface area contributed by atoms with Gasteiger partial charge >= 0.3 is 0 Å². The van der Waals surface area contributed by atoms with Crippen LogP contribution in [0.3, 0.4) is 0 Å². The van der Waals surface area contributed by atoms with Gasteiger partial charge in [-0.3, -0.25) is 4.79 Å². The average Bonchev–Trinajstić information content (AvgIpc) is 3.17. The van der Waals surface area contributed by atoms with Crippen molar-refractivity contribution in [2.24, 2.45) is 5.92 Å². The number of sulfonamides is 1. The third kappa shape index (κ3) is 3.27. The second-order valence-corrected chi connectivity index (χ2v) is 8.16. The smallest absolute Gasteiger partial charge is 0.243 e. The maximum Gasteiger partial charge on any atom is 0.243 e. The van der Waals surface area contributed by atoms with E-state index in [-0.39, 0.29) is 5.91 Å². The fourth-order valence-corrected chi connectivity index (χ4v) is 4.87. The fraction of sp³-hybridized carbons (Fsp3) is 0.562. The van der Waals surface area contributed by atoms with Gasteiger partial charge in [-0.15, -0.1) is 0 Å². The van der Waals surface area contributed by atoms with Gasteiger partial charge in [-0.05, 0) is 56.6 Å². The first-order valence-corrected chi connectivity index (χ1v) is 9.51. The lowest BCUT2D eigenvalue weighted by atomic mass is 10.1. The molecule has 0 radical (unpaired) electrons. The highest BCUT2D eigenvalue weighted by molar-refractivity contribution is 7.89. The number of benzene rings is 1. The molecule has 2 aliphatic rings. The Labute approximate surface area is 137 Å². The van der Waals surface area contributed by atoms with Crippen molar-refractivity contribution in [1.82, 2.24) is 9.62 Å². The lowest BCUT2D eigenvalue weighted by Crippen LogP contribution is -2.30. The molecule has 126 valence electrons. The van der Waals surface area contributed by atoms with Crippen LogP contribution in [0.15, 0.2) is 29.2 Å². The highest BCUT2D eigenvalue weighted by Gasteiger charge is 2.32. The molecule has 7 heteroatoms. The summed E-state index contributed by atoms with van der Waals surface area (Å²) in [6.45, 7) is 2.68. The van der Waals surface area contributed by atoms with E-state index < -0.39 is 10.0 Å². The minimum absolute atomic E-state index is 0.107. The van der Waals surface area contributed by atoms with Crippen LogP contribution in [0.1, 0.15) is 19.3 Å². The monoisotopic (exact) mass is 337 g/mol. The largest absolute Gasteiger partial charge is 0.319 e. The number of nitrogens with one attached hydrogen (secondary N) is 1. The zero-order valence-electron chi connectivity index (χ0n) is 13.4. The van der Waals surface area contributed by atoms with E-state index >= 15 is 0 Å². The molecule has 1 N–H and O–H groups in total. The molecule has 2 heterocycles. The van der Waals surface area contributed by atoms with Gasteiger partial charge in [0.2, 0.25) is 15.9 Å². The molecule has 1 aromatic rings. The first-order chi connectivity index (χ1) is 11.0. The van der Waals surface area contributed by atoms with Crippen LogP contribution in [-0.2, 0) is 14.8 Å². The van der Waals surface area contributed by atoms with Gasteiger partial charge in [-0.1, -0.05) is 0 Å². The average molecular weight is 337 g/mol. The molecule has 0 bridgehead atoms. The summed E-state index contributed by atoms with van der Waals surface area (Å²) in [7, 11) is -1.56. The highest BCUT2D eigenvalue weighted by atomic mass is 32.2. The van der Waals surface area contributed by atoms with Crippen LogP contribution in [0.5, 0.6) is 0 Å². The Bertz CT molecular complexity index is 672. The van der Waals surface area contributed by atoms with Gasteiger partial charge in [0.15, 0.2) is 0 Å².